The molecule has 0 saturated heterocycles. The molecule has 3 aromatic rings. The van der Waals surface area contributed by atoms with E-state index in [1.54, 1.807) is 60.7 Å². The molecule has 2 nitrogen and oxygen atoms in total. The lowest BCUT2D eigenvalue weighted by molar-refractivity contribution is 0.181. The number of halogens is 3. The number of ether oxygens (including phenoxy) is 1. The molecular weight excluding hydrogens is 437 g/mol. The summed E-state index contributed by atoms with van der Waals surface area (Å²) in [6.45, 7) is 2.47. The zero-order chi connectivity index (χ0) is 24.1. The molecule has 0 unspecified atom stereocenters. The lowest BCUT2D eigenvalue weighted by Gasteiger charge is -2.28. The van der Waals surface area contributed by atoms with E-state index in [4.69, 9.17) is 4.74 Å². The van der Waals surface area contributed by atoms with Gasteiger partial charge in [-0.25, -0.2) is 13.2 Å². The lowest BCUT2D eigenvalue weighted by Crippen LogP contribution is -2.17. The molecule has 3 aromatic carbocycles. The molecule has 0 aliphatic heterocycles. The molecule has 0 atom stereocenters. The highest BCUT2D eigenvalue weighted by atomic mass is 19.2. The van der Waals surface area contributed by atoms with Crippen molar-refractivity contribution in [3.63, 3.8) is 0 Å². The minimum Gasteiger partial charge on any atom is -0.494 e. The van der Waals surface area contributed by atoms with E-state index in [9.17, 15) is 18.3 Å². The fourth-order valence-corrected chi connectivity index (χ4v) is 4.62. The van der Waals surface area contributed by atoms with Crippen LogP contribution in [-0.2, 0) is 0 Å². The average Bonchev–Trinajstić information content (AvgIpc) is 2.86. The van der Waals surface area contributed by atoms with Gasteiger partial charge in [-0.1, -0.05) is 48.6 Å². The van der Waals surface area contributed by atoms with Crippen LogP contribution in [0.1, 0.15) is 55.2 Å². The van der Waals surface area contributed by atoms with E-state index in [1.165, 1.54) is 6.07 Å². The van der Waals surface area contributed by atoms with Crippen LogP contribution in [0.15, 0.2) is 54.6 Å². The fraction of sp³-hybridized carbons (Fsp3) is 0.310. The number of aliphatic hydroxyl groups excluding tert-OH is 1. The van der Waals surface area contributed by atoms with Gasteiger partial charge in [0.2, 0.25) is 0 Å². The molecule has 5 heteroatoms. The van der Waals surface area contributed by atoms with Gasteiger partial charge >= 0.3 is 0 Å². The van der Waals surface area contributed by atoms with Gasteiger partial charge in [-0.05, 0) is 73.3 Å². The smallest absolute Gasteiger partial charge is 0.166 e. The molecule has 1 saturated carbocycles. The summed E-state index contributed by atoms with van der Waals surface area (Å²) in [7, 11) is 0. The lowest BCUT2D eigenvalue weighted by atomic mass is 9.78. The summed E-state index contributed by atoms with van der Waals surface area (Å²) in [4.78, 5) is 0. The van der Waals surface area contributed by atoms with Crippen molar-refractivity contribution in [1.29, 1.82) is 0 Å². The van der Waals surface area contributed by atoms with Gasteiger partial charge in [0.05, 0.1) is 6.61 Å². The summed E-state index contributed by atoms with van der Waals surface area (Å²) in [6, 6.07) is 15.1. The van der Waals surface area contributed by atoms with Gasteiger partial charge in [0.25, 0.3) is 0 Å². The molecule has 1 fully saturated rings. The van der Waals surface area contributed by atoms with Crippen molar-refractivity contribution in [1.82, 2.24) is 0 Å². The van der Waals surface area contributed by atoms with E-state index in [2.05, 4.69) is 0 Å². The SMILES string of the molecule is CCOc1ccc(C=Cc2ccc(-c3ccc(C4CCC(CO)CC4)c(F)c3F)cc2)c(F)c1. The van der Waals surface area contributed by atoms with Crippen LogP contribution in [0.2, 0.25) is 0 Å². The van der Waals surface area contributed by atoms with Crippen LogP contribution in [0.25, 0.3) is 23.3 Å². The second-order valence-corrected chi connectivity index (χ2v) is 8.80. The molecule has 0 amide bonds. The van der Waals surface area contributed by atoms with Crippen molar-refractivity contribution in [2.45, 2.75) is 38.5 Å². The number of hydrogen-bond donors (Lipinski definition) is 1. The normalized spacial score (nSPS) is 18.4. The number of benzene rings is 3. The Labute approximate surface area is 198 Å². The van der Waals surface area contributed by atoms with E-state index in [-0.39, 0.29) is 29.8 Å². The van der Waals surface area contributed by atoms with Crippen LogP contribution >= 0.6 is 0 Å². The molecule has 1 N–H and O–H groups in total. The zero-order valence-electron chi connectivity index (χ0n) is 19.2. The standard InChI is InChI=1S/C29H29F3O2/c1-2-34-24-14-13-23(27(30)17-24)12-5-19-3-8-21(9-4-19)25-15-16-26(29(32)28(25)31)22-10-6-20(18-33)7-11-22/h3-5,8-9,12-17,20,22,33H,2,6-7,10-11,18H2,1H3. The van der Waals surface area contributed by atoms with Crippen molar-refractivity contribution in [2.24, 2.45) is 5.92 Å². The van der Waals surface area contributed by atoms with Gasteiger partial charge < -0.3 is 9.84 Å². The van der Waals surface area contributed by atoms with Crippen molar-refractivity contribution in [2.75, 3.05) is 13.2 Å². The van der Waals surface area contributed by atoms with Gasteiger partial charge in [0, 0.05) is 23.8 Å². The Kier molecular flexibility index (Phi) is 7.73. The first-order valence-corrected chi connectivity index (χ1v) is 11.8. The second kappa shape index (κ2) is 10.9. The molecule has 0 aromatic heterocycles. The predicted molar refractivity (Wildman–Crippen MR) is 130 cm³/mol. The largest absolute Gasteiger partial charge is 0.494 e. The summed E-state index contributed by atoms with van der Waals surface area (Å²) in [6.07, 6.45) is 6.62. The third-order valence-electron chi connectivity index (χ3n) is 6.62. The molecule has 178 valence electrons. The van der Waals surface area contributed by atoms with Crippen LogP contribution in [0.5, 0.6) is 5.75 Å². The third kappa shape index (κ3) is 5.36. The van der Waals surface area contributed by atoms with Crippen molar-refractivity contribution >= 4 is 12.2 Å². The second-order valence-electron chi connectivity index (χ2n) is 8.80. The molecule has 1 aliphatic carbocycles. The first-order chi connectivity index (χ1) is 16.5. The van der Waals surface area contributed by atoms with E-state index < -0.39 is 11.6 Å². The maximum Gasteiger partial charge on any atom is 0.166 e. The maximum absolute atomic E-state index is 15.0. The van der Waals surface area contributed by atoms with Crippen LogP contribution in [0.3, 0.4) is 0 Å². The van der Waals surface area contributed by atoms with E-state index in [1.807, 2.05) is 6.92 Å². The van der Waals surface area contributed by atoms with E-state index >= 15 is 0 Å². The summed E-state index contributed by atoms with van der Waals surface area (Å²) in [5.74, 6) is -1.24. The van der Waals surface area contributed by atoms with Gasteiger partial charge in [-0.15, -0.1) is 0 Å². The highest BCUT2D eigenvalue weighted by molar-refractivity contribution is 5.73. The van der Waals surface area contributed by atoms with Crippen molar-refractivity contribution < 1.29 is 23.0 Å². The van der Waals surface area contributed by atoms with Crippen LogP contribution in [0.4, 0.5) is 13.2 Å². The zero-order valence-corrected chi connectivity index (χ0v) is 19.2. The maximum atomic E-state index is 15.0. The molecule has 4 rings (SSSR count). The van der Waals surface area contributed by atoms with E-state index in [0.717, 1.165) is 31.2 Å². The Bertz CT molecular complexity index is 1150. The molecule has 0 spiro atoms. The molecule has 1 aliphatic rings. The Morgan fingerprint density at radius 1 is 0.882 bits per heavy atom. The topological polar surface area (TPSA) is 29.5 Å². The Morgan fingerprint density at radius 3 is 2.26 bits per heavy atom. The van der Waals surface area contributed by atoms with Crippen LogP contribution in [0, 0.1) is 23.4 Å². The van der Waals surface area contributed by atoms with Crippen molar-refractivity contribution in [3.8, 4) is 16.9 Å². The van der Waals surface area contributed by atoms with Crippen LogP contribution < -0.4 is 4.74 Å². The summed E-state index contributed by atoms with van der Waals surface area (Å²) < 4.78 is 49.4. The molecule has 0 bridgehead atoms. The summed E-state index contributed by atoms with van der Waals surface area (Å²) >= 11 is 0. The predicted octanol–water partition coefficient (Wildman–Crippen LogP) is 7.61. The molecular formula is C29H29F3O2. The van der Waals surface area contributed by atoms with Gasteiger partial charge in [-0.3, -0.25) is 0 Å². The first kappa shape index (κ1) is 24.1. The monoisotopic (exact) mass is 466 g/mol. The fourth-order valence-electron chi connectivity index (χ4n) is 4.62. The Hall–Kier alpha value is -3.05. The highest BCUT2D eigenvalue weighted by Gasteiger charge is 2.26. The van der Waals surface area contributed by atoms with Gasteiger partial charge in [-0.2, -0.15) is 0 Å². The molecule has 34 heavy (non-hydrogen) atoms. The van der Waals surface area contributed by atoms with E-state index in [0.29, 0.717) is 29.0 Å². The van der Waals surface area contributed by atoms with Crippen LogP contribution in [-0.4, -0.2) is 18.3 Å². The molecule has 0 heterocycles. The third-order valence-corrected chi connectivity index (χ3v) is 6.62. The average molecular weight is 467 g/mol. The number of hydrogen-bond acceptors (Lipinski definition) is 2. The minimum atomic E-state index is -0.832. The number of rotatable bonds is 7. The van der Waals surface area contributed by atoms with Gasteiger partial charge in [0.1, 0.15) is 11.6 Å². The summed E-state index contributed by atoms with van der Waals surface area (Å²) in [5, 5.41) is 9.30. The first-order valence-electron chi connectivity index (χ1n) is 11.8. The van der Waals surface area contributed by atoms with Gasteiger partial charge in [0.15, 0.2) is 11.6 Å². The van der Waals surface area contributed by atoms with Crippen molar-refractivity contribution in [3.05, 3.63) is 88.7 Å². The molecule has 0 radical (unpaired) electrons. The minimum absolute atomic E-state index is 0.0122. The summed E-state index contributed by atoms with van der Waals surface area (Å²) in [5.41, 5.74) is 2.48. The quantitative estimate of drug-likeness (QED) is 0.363. The Morgan fingerprint density at radius 2 is 1.62 bits per heavy atom. The highest BCUT2D eigenvalue weighted by Crippen LogP contribution is 2.38. The Balaban J connectivity index is 1.48. The number of aliphatic hydroxyl groups is 1.